The standard InChI is InChI=1S/C11H13F2NO/c12-11(13)5-4-10(14-7-11)8-2-1-3-9(15)6-8/h1-3,6,10,14-15H,4-5,7H2. The van der Waals surface area contributed by atoms with Crippen molar-refractivity contribution >= 4 is 0 Å². The largest absolute Gasteiger partial charge is 0.508 e. The summed E-state index contributed by atoms with van der Waals surface area (Å²) in [6.07, 6.45) is 0.302. The lowest BCUT2D eigenvalue weighted by Crippen LogP contribution is -2.40. The minimum absolute atomic E-state index is 0.0725. The molecule has 1 aliphatic rings. The number of nitrogens with one attached hydrogen (secondary N) is 1. The van der Waals surface area contributed by atoms with E-state index >= 15 is 0 Å². The first-order chi connectivity index (χ1) is 7.07. The number of phenolic OH excluding ortho intramolecular Hbond substituents is 1. The highest BCUT2D eigenvalue weighted by molar-refractivity contribution is 5.29. The van der Waals surface area contributed by atoms with Crippen molar-refractivity contribution in [2.45, 2.75) is 24.8 Å². The van der Waals surface area contributed by atoms with Crippen molar-refractivity contribution in [2.24, 2.45) is 0 Å². The van der Waals surface area contributed by atoms with E-state index in [1.54, 1.807) is 18.2 Å². The van der Waals surface area contributed by atoms with Gasteiger partial charge in [0, 0.05) is 12.5 Å². The molecule has 0 radical (unpaired) electrons. The maximum absolute atomic E-state index is 12.9. The number of rotatable bonds is 1. The zero-order chi connectivity index (χ0) is 10.9. The number of benzene rings is 1. The summed E-state index contributed by atoms with van der Waals surface area (Å²) in [4.78, 5) is 0. The number of alkyl halides is 2. The van der Waals surface area contributed by atoms with E-state index in [1.807, 2.05) is 6.07 Å². The zero-order valence-electron chi connectivity index (χ0n) is 8.21. The summed E-state index contributed by atoms with van der Waals surface area (Å²) >= 11 is 0. The van der Waals surface area contributed by atoms with Gasteiger partial charge in [-0.1, -0.05) is 12.1 Å². The molecule has 0 amide bonds. The first kappa shape index (κ1) is 10.4. The van der Waals surface area contributed by atoms with Crippen LogP contribution in [0.1, 0.15) is 24.4 Å². The molecule has 15 heavy (non-hydrogen) atoms. The van der Waals surface area contributed by atoms with Crippen molar-refractivity contribution in [1.82, 2.24) is 5.32 Å². The molecule has 2 rings (SSSR count). The Morgan fingerprint density at radius 3 is 2.80 bits per heavy atom. The van der Waals surface area contributed by atoms with Gasteiger partial charge >= 0.3 is 0 Å². The second-order valence-electron chi connectivity index (χ2n) is 3.92. The van der Waals surface area contributed by atoms with Crippen molar-refractivity contribution in [3.63, 3.8) is 0 Å². The molecule has 4 heteroatoms. The van der Waals surface area contributed by atoms with Crippen LogP contribution in [0.15, 0.2) is 24.3 Å². The summed E-state index contributed by atoms with van der Waals surface area (Å²) in [5.41, 5.74) is 0.866. The Hall–Kier alpha value is -1.16. The molecule has 2 N–H and O–H groups in total. The van der Waals surface area contributed by atoms with Crippen LogP contribution in [0, 0.1) is 0 Å². The second kappa shape index (κ2) is 3.77. The SMILES string of the molecule is Oc1cccc(C2CCC(F)(F)CN2)c1. The molecule has 1 aromatic rings. The van der Waals surface area contributed by atoms with Crippen LogP contribution in [0.2, 0.25) is 0 Å². The fraction of sp³-hybridized carbons (Fsp3) is 0.455. The van der Waals surface area contributed by atoms with Crippen molar-refractivity contribution < 1.29 is 13.9 Å². The van der Waals surface area contributed by atoms with Crippen LogP contribution in [0.4, 0.5) is 8.78 Å². The van der Waals surface area contributed by atoms with Crippen LogP contribution in [0.25, 0.3) is 0 Å². The number of phenols is 1. The number of hydrogen-bond acceptors (Lipinski definition) is 2. The summed E-state index contributed by atoms with van der Waals surface area (Å²) in [5.74, 6) is -2.42. The van der Waals surface area contributed by atoms with Crippen LogP contribution in [-0.4, -0.2) is 17.6 Å². The smallest absolute Gasteiger partial charge is 0.260 e. The van der Waals surface area contributed by atoms with Gasteiger partial charge in [-0.05, 0) is 24.1 Å². The minimum atomic E-state index is -2.59. The Labute approximate surface area is 86.9 Å². The molecule has 1 aromatic carbocycles. The van der Waals surface area contributed by atoms with Gasteiger partial charge in [0.25, 0.3) is 5.92 Å². The summed E-state index contributed by atoms with van der Waals surface area (Å²) in [5, 5.41) is 12.1. The fourth-order valence-electron chi connectivity index (χ4n) is 1.84. The lowest BCUT2D eigenvalue weighted by Gasteiger charge is -2.29. The highest BCUT2D eigenvalue weighted by Crippen LogP contribution is 2.32. The zero-order valence-corrected chi connectivity index (χ0v) is 8.21. The molecule has 0 bridgehead atoms. The molecule has 1 saturated heterocycles. The van der Waals surface area contributed by atoms with Crippen LogP contribution in [-0.2, 0) is 0 Å². The number of aromatic hydroxyl groups is 1. The third-order valence-corrected chi connectivity index (χ3v) is 2.68. The van der Waals surface area contributed by atoms with Gasteiger partial charge in [0.2, 0.25) is 0 Å². The van der Waals surface area contributed by atoms with Gasteiger partial charge in [-0.15, -0.1) is 0 Å². The highest BCUT2D eigenvalue weighted by atomic mass is 19.3. The maximum atomic E-state index is 12.9. The van der Waals surface area contributed by atoms with E-state index in [0.717, 1.165) is 5.56 Å². The monoisotopic (exact) mass is 213 g/mol. The predicted molar refractivity (Wildman–Crippen MR) is 53.0 cm³/mol. The van der Waals surface area contributed by atoms with E-state index in [9.17, 15) is 13.9 Å². The average Bonchev–Trinajstić information content (AvgIpc) is 2.17. The number of piperidine rings is 1. The van der Waals surface area contributed by atoms with Crippen molar-refractivity contribution in [3.05, 3.63) is 29.8 Å². The third-order valence-electron chi connectivity index (χ3n) is 2.68. The van der Waals surface area contributed by atoms with Gasteiger partial charge in [-0.25, -0.2) is 8.78 Å². The normalized spacial score (nSPS) is 25.1. The van der Waals surface area contributed by atoms with Gasteiger partial charge < -0.3 is 10.4 Å². The van der Waals surface area contributed by atoms with Crippen LogP contribution >= 0.6 is 0 Å². The fourth-order valence-corrected chi connectivity index (χ4v) is 1.84. The third kappa shape index (κ3) is 2.45. The first-order valence-corrected chi connectivity index (χ1v) is 4.97. The van der Waals surface area contributed by atoms with Gasteiger partial charge in [-0.2, -0.15) is 0 Å². The quantitative estimate of drug-likeness (QED) is 0.751. The summed E-state index contributed by atoms with van der Waals surface area (Å²) in [7, 11) is 0. The Bertz CT molecular complexity index is 344. The molecule has 0 saturated carbocycles. The van der Waals surface area contributed by atoms with E-state index in [1.165, 1.54) is 0 Å². The van der Waals surface area contributed by atoms with Crippen LogP contribution in [0.5, 0.6) is 5.75 Å². The topological polar surface area (TPSA) is 32.3 Å². The van der Waals surface area contributed by atoms with Crippen LogP contribution in [0.3, 0.4) is 0 Å². The van der Waals surface area contributed by atoms with Crippen molar-refractivity contribution in [1.29, 1.82) is 0 Å². The van der Waals surface area contributed by atoms with E-state index < -0.39 is 5.92 Å². The summed E-state index contributed by atoms with van der Waals surface area (Å²) < 4.78 is 25.7. The molecule has 1 aliphatic heterocycles. The Kier molecular flexibility index (Phi) is 2.61. The van der Waals surface area contributed by atoms with Crippen molar-refractivity contribution in [3.8, 4) is 5.75 Å². The molecule has 1 atom stereocenters. The van der Waals surface area contributed by atoms with Gasteiger partial charge in [0.1, 0.15) is 5.75 Å². The molecule has 1 heterocycles. The molecular formula is C11H13F2NO. The second-order valence-corrected chi connectivity index (χ2v) is 3.92. The molecule has 82 valence electrons. The van der Waals surface area contributed by atoms with E-state index in [0.29, 0.717) is 6.42 Å². The highest BCUT2D eigenvalue weighted by Gasteiger charge is 2.34. The molecule has 1 unspecified atom stereocenters. The average molecular weight is 213 g/mol. The Balaban J connectivity index is 2.08. The molecule has 2 nitrogen and oxygen atoms in total. The van der Waals surface area contributed by atoms with Gasteiger partial charge in [-0.3, -0.25) is 0 Å². The maximum Gasteiger partial charge on any atom is 0.260 e. The predicted octanol–water partition coefficient (Wildman–Crippen LogP) is 2.45. The van der Waals surface area contributed by atoms with Gasteiger partial charge in [0.05, 0.1) is 6.54 Å². The molecule has 0 aromatic heterocycles. The lowest BCUT2D eigenvalue weighted by molar-refractivity contribution is -0.0303. The molecule has 0 aliphatic carbocycles. The van der Waals surface area contributed by atoms with Crippen LogP contribution < -0.4 is 5.32 Å². The first-order valence-electron chi connectivity index (χ1n) is 4.97. The van der Waals surface area contributed by atoms with Crippen molar-refractivity contribution in [2.75, 3.05) is 6.54 Å². The molecule has 1 fully saturated rings. The Morgan fingerprint density at radius 1 is 1.40 bits per heavy atom. The van der Waals surface area contributed by atoms with E-state index in [2.05, 4.69) is 5.32 Å². The van der Waals surface area contributed by atoms with E-state index in [4.69, 9.17) is 0 Å². The van der Waals surface area contributed by atoms with Gasteiger partial charge in [0.15, 0.2) is 0 Å². The molecule has 0 spiro atoms. The molecular weight excluding hydrogens is 200 g/mol. The number of halogens is 2. The lowest BCUT2D eigenvalue weighted by atomic mass is 9.95. The Morgan fingerprint density at radius 2 is 2.20 bits per heavy atom. The summed E-state index contributed by atoms with van der Waals surface area (Å²) in [6, 6.07) is 6.67. The van der Waals surface area contributed by atoms with E-state index in [-0.39, 0.29) is 24.8 Å². The number of hydrogen-bond donors (Lipinski definition) is 2. The summed E-state index contributed by atoms with van der Waals surface area (Å²) in [6.45, 7) is -0.284. The minimum Gasteiger partial charge on any atom is -0.508 e.